The number of nitro groups is 1. The van der Waals surface area contributed by atoms with Gasteiger partial charge in [-0.3, -0.25) is 19.6 Å². The molecule has 32 heavy (non-hydrogen) atoms. The molecular formula is C21H18N4O5S2. The lowest BCUT2D eigenvalue weighted by Crippen LogP contribution is -2.26. The minimum atomic E-state index is -3.40. The average Bonchev–Trinajstić information content (AvgIpc) is 3.43. The Morgan fingerprint density at radius 2 is 1.94 bits per heavy atom. The molecule has 0 saturated carbocycles. The average molecular weight is 471 g/mol. The van der Waals surface area contributed by atoms with Crippen LogP contribution in [0.1, 0.15) is 33.3 Å². The Labute approximate surface area is 188 Å². The highest BCUT2D eigenvalue weighted by molar-refractivity contribution is 7.92. The summed E-state index contributed by atoms with van der Waals surface area (Å²) in [5, 5.41) is 18.9. The highest BCUT2D eigenvalue weighted by Crippen LogP contribution is 2.36. The van der Waals surface area contributed by atoms with E-state index in [9.17, 15) is 23.3 Å². The summed E-state index contributed by atoms with van der Waals surface area (Å²) in [6.07, 6.45) is 1.43. The van der Waals surface area contributed by atoms with Crippen molar-refractivity contribution in [2.24, 2.45) is 5.10 Å². The molecule has 4 rings (SSSR count). The van der Waals surface area contributed by atoms with Crippen LogP contribution < -0.4 is 4.72 Å². The SMILES string of the molecule is CS(=O)(=O)Nc1ccc(C2=NN(C(=O)c3cccs3)C(c3cccc([N+](=O)[O-])c3)C2)cc1. The van der Waals surface area contributed by atoms with Gasteiger partial charge in [-0.15, -0.1) is 11.3 Å². The van der Waals surface area contributed by atoms with E-state index in [0.717, 1.165) is 11.8 Å². The zero-order valence-electron chi connectivity index (χ0n) is 16.8. The van der Waals surface area contributed by atoms with Gasteiger partial charge in [0.1, 0.15) is 0 Å². The van der Waals surface area contributed by atoms with Gasteiger partial charge in [-0.1, -0.05) is 30.3 Å². The normalized spacial score (nSPS) is 16.0. The molecule has 0 fully saturated rings. The summed E-state index contributed by atoms with van der Waals surface area (Å²) in [7, 11) is -3.40. The zero-order valence-corrected chi connectivity index (χ0v) is 18.5. The van der Waals surface area contributed by atoms with Crippen LogP contribution in [-0.2, 0) is 10.0 Å². The highest BCUT2D eigenvalue weighted by Gasteiger charge is 2.34. The van der Waals surface area contributed by atoms with Crippen molar-refractivity contribution in [2.75, 3.05) is 11.0 Å². The monoisotopic (exact) mass is 470 g/mol. The largest absolute Gasteiger partial charge is 0.284 e. The maximum absolute atomic E-state index is 13.1. The summed E-state index contributed by atoms with van der Waals surface area (Å²) in [6.45, 7) is 0. The van der Waals surface area contributed by atoms with Crippen LogP contribution in [0.15, 0.2) is 71.1 Å². The Hall–Kier alpha value is -3.57. The topological polar surface area (TPSA) is 122 Å². The molecule has 164 valence electrons. The Balaban J connectivity index is 1.68. The number of non-ortho nitro benzene ring substituents is 1. The number of nitro benzene ring substituents is 1. The van der Waals surface area contributed by atoms with Gasteiger partial charge in [0, 0.05) is 24.2 Å². The minimum Gasteiger partial charge on any atom is -0.284 e. The smallest absolute Gasteiger partial charge is 0.284 e. The molecule has 0 spiro atoms. The molecule has 11 heteroatoms. The Bertz CT molecular complexity index is 1300. The molecule has 1 aliphatic heterocycles. The number of amides is 1. The first-order valence-corrected chi connectivity index (χ1v) is 12.3. The number of hydrogen-bond donors (Lipinski definition) is 1. The third-order valence-corrected chi connectivity index (χ3v) is 6.30. The van der Waals surface area contributed by atoms with Gasteiger partial charge < -0.3 is 0 Å². The van der Waals surface area contributed by atoms with Crippen LogP contribution in [0.3, 0.4) is 0 Å². The second kappa shape index (κ2) is 8.52. The number of thiophene rings is 1. The molecular weight excluding hydrogens is 452 g/mol. The van der Waals surface area contributed by atoms with E-state index in [0.29, 0.717) is 28.3 Å². The summed E-state index contributed by atoms with van der Waals surface area (Å²) >= 11 is 1.29. The van der Waals surface area contributed by atoms with Gasteiger partial charge in [-0.25, -0.2) is 13.4 Å². The van der Waals surface area contributed by atoms with E-state index in [-0.39, 0.29) is 11.6 Å². The Morgan fingerprint density at radius 1 is 1.19 bits per heavy atom. The van der Waals surface area contributed by atoms with E-state index < -0.39 is 21.0 Å². The van der Waals surface area contributed by atoms with Crippen molar-refractivity contribution in [1.29, 1.82) is 0 Å². The van der Waals surface area contributed by atoms with Gasteiger partial charge in [0.2, 0.25) is 10.0 Å². The van der Waals surface area contributed by atoms with E-state index in [1.54, 1.807) is 53.9 Å². The number of sulfonamides is 1. The lowest BCUT2D eigenvalue weighted by molar-refractivity contribution is -0.384. The van der Waals surface area contributed by atoms with Crippen LogP contribution in [-0.4, -0.2) is 36.2 Å². The first kappa shape index (κ1) is 21.7. The van der Waals surface area contributed by atoms with E-state index in [2.05, 4.69) is 9.82 Å². The molecule has 1 unspecified atom stereocenters. The molecule has 2 aromatic carbocycles. The fraction of sp³-hybridized carbons (Fsp3) is 0.143. The third kappa shape index (κ3) is 4.68. The van der Waals surface area contributed by atoms with Crippen molar-refractivity contribution >= 4 is 44.4 Å². The number of rotatable bonds is 6. The summed E-state index contributed by atoms with van der Waals surface area (Å²) < 4.78 is 25.2. The molecule has 1 amide bonds. The molecule has 9 nitrogen and oxygen atoms in total. The first-order valence-electron chi connectivity index (χ1n) is 9.48. The van der Waals surface area contributed by atoms with Gasteiger partial charge in [0.05, 0.1) is 27.8 Å². The standard InChI is InChI=1S/C21H18N4O5S2/c1-32(29,30)23-16-9-7-14(8-10-16)18-13-19(15-4-2-5-17(12-15)25(27)28)24(22-18)21(26)20-6-3-11-31-20/h2-12,19,23H,13H2,1H3. The van der Waals surface area contributed by atoms with Gasteiger partial charge in [-0.05, 0) is 34.7 Å². The van der Waals surface area contributed by atoms with Crippen molar-refractivity contribution < 1.29 is 18.1 Å². The highest BCUT2D eigenvalue weighted by atomic mass is 32.2. The van der Waals surface area contributed by atoms with Crippen molar-refractivity contribution in [1.82, 2.24) is 5.01 Å². The molecule has 1 aromatic heterocycles. The molecule has 0 radical (unpaired) electrons. The maximum atomic E-state index is 13.1. The number of hydrazone groups is 1. The maximum Gasteiger partial charge on any atom is 0.284 e. The first-order chi connectivity index (χ1) is 15.2. The van der Waals surface area contributed by atoms with E-state index >= 15 is 0 Å². The second-order valence-corrected chi connectivity index (χ2v) is 9.89. The Morgan fingerprint density at radius 3 is 2.56 bits per heavy atom. The lowest BCUT2D eigenvalue weighted by Gasteiger charge is -2.21. The van der Waals surface area contributed by atoms with E-state index in [4.69, 9.17) is 0 Å². The van der Waals surface area contributed by atoms with Crippen molar-refractivity contribution in [3.05, 3.63) is 92.2 Å². The molecule has 0 aliphatic carbocycles. The minimum absolute atomic E-state index is 0.0596. The number of benzene rings is 2. The van der Waals surface area contributed by atoms with Gasteiger partial charge in [-0.2, -0.15) is 5.10 Å². The van der Waals surface area contributed by atoms with E-state index in [1.165, 1.54) is 28.5 Å². The van der Waals surface area contributed by atoms with Gasteiger partial charge in [0.25, 0.3) is 11.6 Å². The molecule has 1 N–H and O–H groups in total. The van der Waals surface area contributed by atoms with E-state index in [1.807, 2.05) is 0 Å². The predicted molar refractivity (Wildman–Crippen MR) is 122 cm³/mol. The van der Waals surface area contributed by atoms with Crippen LogP contribution in [0.5, 0.6) is 0 Å². The summed E-state index contributed by atoms with van der Waals surface area (Å²) in [6, 6.07) is 15.8. The number of hydrogen-bond acceptors (Lipinski definition) is 7. The van der Waals surface area contributed by atoms with Gasteiger partial charge >= 0.3 is 0 Å². The number of nitrogens with zero attached hydrogens (tertiary/aromatic N) is 3. The molecule has 1 atom stereocenters. The number of carbonyl (C=O) groups excluding carboxylic acids is 1. The number of carbonyl (C=O) groups is 1. The molecule has 3 aromatic rings. The number of anilines is 1. The predicted octanol–water partition coefficient (Wildman–Crippen LogP) is 4.02. The van der Waals surface area contributed by atoms with Gasteiger partial charge in [0.15, 0.2) is 0 Å². The molecule has 1 aliphatic rings. The summed E-state index contributed by atoms with van der Waals surface area (Å²) in [4.78, 5) is 24.4. The Kier molecular flexibility index (Phi) is 5.76. The summed E-state index contributed by atoms with van der Waals surface area (Å²) in [5.41, 5.74) is 2.31. The van der Waals surface area contributed by atoms with Crippen molar-refractivity contribution in [3.63, 3.8) is 0 Å². The molecule has 2 heterocycles. The fourth-order valence-corrected chi connectivity index (χ4v) is 4.65. The molecule has 0 bridgehead atoms. The fourth-order valence-electron chi connectivity index (χ4n) is 3.44. The quantitative estimate of drug-likeness (QED) is 0.431. The third-order valence-electron chi connectivity index (χ3n) is 4.84. The second-order valence-electron chi connectivity index (χ2n) is 7.20. The van der Waals surface area contributed by atoms with Crippen LogP contribution in [0.4, 0.5) is 11.4 Å². The number of nitrogens with one attached hydrogen (secondary N) is 1. The lowest BCUT2D eigenvalue weighted by atomic mass is 9.98. The van der Waals surface area contributed by atoms with Crippen molar-refractivity contribution in [3.8, 4) is 0 Å². The van der Waals surface area contributed by atoms with Crippen LogP contribution >= 0.6 is 11.3 Å². The molecule has 0 saturated heterocycles. The van der Waals surface area contributed by atoms with Crippen LogP contribution in [0.25, 0.3) is 0 Å². The zero-order chi connectivity index (χ0) is 22.9. The van der Waals surface area contributed by atoms with Crippen LogP contribution in [0.2, 0.25) is 0 Å². The van der Waals surface area contributed by atoms with Crippen LogP contribution in [0, 0.1) is 10.1 Å². The summed E-state index contributed by atoms with van der Waals surface area (Å²) in [5.74, 6) is -0.290. The van der Waals surface area contributed by atoms with Crippen molar-refractivity contribution in [2.45, 2.75) is 12.5 Å².